The number of rotatable bonds is 5. The zero-order valence-electron chi connectivity index (χ0n) is 13.3. The molecule has 1 aliphatic carbocycles. The van der Waals surface area contributed by atoms with Crippen molar-refractivity contribution in [2.75, 3.05) is 13.1 Å². The average molecular weight is 280 g/mol. The largest absolute Gasteiger partial charge is 0.353 e. The number of piperidine rings is 1. The van der Waals surface area contributed by atoms with E-state index in [0.29, 0.717) is 11.9 Å². The molecule has 20 heavy (non-hydrogen) atoms. The fourth-order valence-electron chi connectivity index (χ4n) is 4.10. The van der Waals surface area contributed by atoms with Gasteiger partial charge in [-0.05, 0) is 44.6 Å². The number of nitrogens with one attached hydrogen (secondary N) is 2. The van der Waals surface area contributed by atoms with Gasteiger partial charge in [0.05, 0.1) is 5.41 Å². The molecule has 116 valence electrons. The quantitative estimate of drug-likeness (QED) is 0.811. The SMILES string of the molecule is CCCC1(C(=O)NC2CCCC(CC)C2)CCCNC1. The van der Waals surface area contributed by atoms with Gasteiger partial charge in [0.15, 0.2) is 0 Å². The van der Waals surface area contributed by atoms with Crippen LogP contribution >= 0.6 is 0 Å². The van der Waals surface area contributed by atoms with E-state index >= 15 is 0 Å². The molecule has 2 aliphatic rings. The molecule has 1 saturated heterocycles. The van der Waals surface area contributed by atoms with Crippen molar-refractivity contribution in [3.05, 3.63) is 0 Å². The summed E-state index contributed by atoms with van der Waals surface area (Å²) in [7, 11) is 0. The summed E-state index contributed by atoms with van der Waals surface area (Å²) in [5.74, 6) is 1.15. The van der Waals surface area contributed by atoms with Crippen LogP contribution < -0.4 is 10.6 Å². The Labute approximate surface area is 124 Å². The Morgan fingerprint density at radius 1 is 1.30 bits per heavy atom. The zero-order chi connectivity index (χ0) is 14.4. The molecule has 0 aromatic carbocycles. The number of carbonyl (C=O) groups excluding carboxylic acids is 1. The van der Waals surface area contributed by atoms with Gasteiger partial charge in [-0.15, -0.1) is 0 Å². The summed E-state index contributed by atoms with van der Waals surface area (Å²) in [6.45, 7) is 6.41. The van der Waals surface area contributed by atoms with E-state index in [-0.39, 0.29) is 5.41 Å². The van der Waals surface area contributed by atoms with E-state index < -0.39 is 0 Å². The van der Waals surface area contributed by atoms with Gasteiger partial charge in [-0.25, -0.2) is 0 Å². The Bertz CT molecular complexity index is 305. The summed E-state index contributed by atoms with van der Waals surface area (Å²) in [5, 5.41) is 6.84. The van der Waals surface area contributed by atoms with Gasteiger partial charge < -0.3 is 10.6 Å². The Kier molecular flexibility index (Phi) is 5.88. The summed E-state index contributed by atoms with van der Waals surface area (Å²) >= 11 is 0. The van der Waals surface area contributed by atoms with Crippen molar-refractivity contribution in [2.24, 2.45) is 11.3 Å². The minimum Gasteiger partial charge on any atom is -0.353 e. The standard InChI is InChI=1S/C17H32N2O/c1-3-9-17(10-6-11-18-13-17)16(20)19-15-8-5-7-14(4-2)12-15/h14-15,18H,3-13H2,1-2H3,(H,19,20). The zero-order valence-corrected chi connectivity index (χ0v) is 13.3. The first-order valence-corrected chi connectivity index (χ1v) is 8.72. The van der Waals surface area contributed by atoms with Crippen LogP contribution in [-0.4, -0.2) is 25.0 Å². The molecule has 3 heteroatoms. The molecule has 3 nitrogen and oxygen atoms in total. The third kappa shape index (κ3) is 3.75. The molecule has 2 rings (SSSR count). The van der Waals surface area contributed by atoms with E-state index in [1.807, 2.05) is 0 Å². The second-order valence-corrected chi connectivity index (χ2v) is 6.92. The van der Waals surface area contributed by atoms with Gasteiger partial charge in [-0.3, -0.25) is 4.79 Å². The van der Waals surface area contributed by atoms with E-state index in [1.54, 1.807) is 0 Å². The van der Waals surface area contributed by atoms with Gasteiger partial charge in [0.1, 0.15) is 0 Å². The van der Waals surface area contributed by atoms with Crippen LogP contribution in [0.2, 0.25) is 0 Å². The van der Waals surface area contributed by atoms with Gasteiger partial charge in [0.25, 0.3) is 0 Å². The average Bonchev–Trinajstić information content (AvgIpc) is 2.48. The van der Waals surface area contributed by atoms with Crippen LogP contribution in [0.4, 0.5) is 0 Å². The topological polar surface area (TPSA) is 41.1 Å². The third-order valence-electron chi connectivity index (χ3n) is 5.38. The first kappa shape index (κ1) is 15.8. The smallest absolute Gasteiger partial charge is 0.227 e. The van der Waals surface area contributed by atoms with Gasteiger partial charge >= 0.3 is 0 Å². The summed E-state index contributed by atoms with van der Waals surface area (Å²) in [4.78, 5) is 12.8. The van der Waals surface area contributed by atoms with E-state index in [0.717, 1.165) is 44.7 Å². The van der Waals surface area contributed by atoms with Gasteiger partial charge in [0, 0.05) is 12.6 Å². The lowest BCUT2D eigenvalue weighted by Crippen LogP contribution is -2.53. The van der Waals surface area contributed by atoms with Crippen molar-refractivity contribution >= 4 is 5.91 Å². The second-order valence-electron chi connectivity index (χ2n) is 6.92. The van der Waals surface area contributed by atoms with E-state index in [9.17, 15) is 4.79 Å². The lowest BCUT2D eigenvalue weighted by molar-refractivity contribution is -0.133. The summed E-state index contributed by atoms with van der Waals surface area (Å²) in [6.07, 6.45) is 10.6. The first-order chi connectivity index (χ1) is 9.70. The highest BCUT2D eigenvalue weighted by Crippen LogP contribution is 2.33. The Hall–Kier alpha value is -0.570. The molecule has 1 saturated carbocycles. The molecule has 3 unspecified atom stereocenters. The van der Waals surface area contributed by atoms with Crippen LogP contribution in [0.25, 0.3) is 0 Å². The van der Waals surface area contributed by atoms with Crippen LogP contribution in [0.15, 0.2) is 0 Å². The lowest BCUT2D eigenvalue weighted by Gasteiger charge is -2.38. The number of carbonyl (C=O) groups is 1. The molecule has 0 radical (unpaired) electrons. The lowest BCUT2D eigenvalue weighted by atomic mass is 9.75. The molecule has 0 aromatic heterocycles. The predicted molar refractivity (Wildman–Crippen MR) is 83.6 cm³/mol. The summed E-state index contributed by atoms with van der Waals surface area (Å²) in [6, 6.07) is 0.428. The van der Waals surface area contributed by atoms with Gasteiger partial charge in [0.2, 0.25) is 5.91 Å². The van der Waals surface area contributed by atoms with Crippen LogP contribution in [-0.2, 0) is 4.79 Å². The minimum atomic E-state index is -0.133. The highest BCUT2D eigenvalue weighted by atomic mass is 16.2. The van der Waals surface area contributed by atoms with E-state index in [4.69, 9.17) is 0 Å². The molecule has 2 fully saturated rings. The van der Waals surface area contributed by atoms with Gasteiger partial charge in [-0.2, -0.15) is 0 Å². The van der Waals surface area contributed by atoms with E-state index in [2.05, 4.69) is 24.5 Å². The highest BCUT2D eigenvalue weighted by molar-refractivity contribution is 5.83. The fourth-order valence-corrected chi connectivity index (χ4v) is 4.10. The Morgan fingerprint density at radius 2 is 2.15 bits per heavy atom. The molecule has 1 heterocycles. The van der Waals surface area contributed by atoms with E-state index in [1.165, 1.54) is 32.1 Å². The maximum absolute atomic E-state index is 12.8. The van der Waals surface area contributed by atoms with Crippen molar-refractivity contribution < 1.29 is 4.79 Å². The molecule has 0 aromatic rings. The minimum absolute atomic E-state index is 0.133. The summed E-state index contributed by atoms with van der Waals surface area (Å²) in [5.41, 5.74) is -0.133. The molecule has 0 spiro atoms. The monoisotopic (exact) mass is 280 g/mol. The number of hydrogen-bond donors (Lipinski definition) is 2. The molecular weight excluding hydrogens is 248 g/mol. The van der Waals surface area contributed by atoms with Crippen molar-refractivity contribution in [2.45, 2.75) is 77.7 Å². The number of hydrogen-bond acceptors (Lipinski definition) is 2. The molecule has 0 bridgehead atoms. The first-order valence-electron chi connectivity index (χ1n) is 8.72. The van der Waals surface area contributed by atoms with Crippen molar-refractivity contribution in [1.29, 1.82) is 0 Å². The molecule has 1 amide bonds. The molecule has 2 N–H and O–H groups in total. The van der Waals surface area contributed by atoms with Crippen molar-refractivity contribution in [3.8, 4) is 0 Å². The predicted octanol–water partition coefficient (Wildman–Crippen LogP) is 3.24. The highest BCUT2D eigenvalue weighted by Gasteiger charge is 2.39. The third-order valence-corrected chi connectivity index (χ3v) is 5.38. The maximum Gasteiger partial charge on any atom is 0.227 e. The van der Waals surface area contributed by atoms with Crippen LogP contribution in [0.3, 0.4) is 0 Å². The van der Waals surface area contributed by atoms with Crippen LogP contribution in [0.5, 0.6) is 0 Å². The Morgan fingerprint density at radius 3 is 2.80 bits per heavy atom. The summed E-state index contributed by atoms with van der Waals surface area (Å²) < 4.78 is 0. The normalized spacial score (nSPS) is 34.7. The maximum atomic E-state index is 12.8. The molecule has 1 aliphatic heterocycles. The van der Waals surface area contributed by atoms with Crippen molar-refractivity contribution in [3.63, 3.8) is 0 Å². The second kappa shape index (κ2) is 7.44. The fraction of sp³-hybridized carbons (Fsp3) is 0.941. The molecule has 3 atom stereocenters. The van der Waals surface area contributed by atoms with Crippen LogP contribution in [0, 0.1) is 11.3 Å². The van der Waals surface area contributed by atoms with Gasteiger partial charge in [-0.1, -0.05) is 39.5 Å². The number of amides is 1. The van der Waals surface area contributed by atoms with Crippen LogP contribution in [0.1, 0.15) is 71.6 Å². The molecular formula is C17H32N2O. The Balaban J connectivity index is 1.94. The van der Waals surface area contributed by atoms with Crippen molar-refractivity contribution in [1.82, 2.24) is 10.6 Å².